The molecule has 0 unspecified atom stereocenters. The average molecular weight is 527 g/mol. The highest BCUT2D eigenvalue weighted by Gasteiger charge is 2.35. The lowest BCUT2D eigenvalue weighted by Gasteiger charge is -2.34. The van der Waals surface area contributed by atoms with E-state index in [1.165, 1.54) is 16.5 Å². The van der Waals surface area contributed by atoms with Crippen LogP contribution in [0.5, 0.6) is 0 Å². The summed E-state index contributed by atoms with van der Waals surface area (Å²) in [7, 11) is 0. The van der Waals surface area contributed by atoms with Crippen molar-refractivity contribution in [2.45, 2.75) is 59.2 Å². The number of hydrogen-bond donors (Lipinski definition) is 2. The summed E-state index contributed by atoms with van der Waals surface area (Å²) in [5.74, 6) is -0.839. The summed E-state index contributed by atoms with van der Waals surface area (Å²) in [5.41, 5.74) is 3.72. The molecule has 2 N–H and O–H groups in total. The Labute approximate surface area is 228 Å². The second-order valence-electron chi connectivity index (χ2n) is 10.3. The number of hydrogen-bond acceptors (Lipinski definition) is 5. The van der Waals surface area contributed by atoms with Crippen molar-refractivity contribution >= 4 is 40.1 Å². The molecule has 0 fully saturated rings. The Kier molecular flexibility index (Phi) is 8.09. The first-order chi connectivity index (χ1) is 18.6. The predicted molar refractivity (Wildman–Crippen MR) is 152 cm³/mol. The van der Waals surface area contributed by atoms with Crippen molar-refractivity contribution in [3.8, 4) is 0 Å². The highest BCUT2D eigenvalue weighted by molar-refractivity contribution is 6.02. The monoisotopic (exact) mass is 526 g/mol. The molecule has 0 aliphatic rings. The highest BCUT2D eigenvalue weighted by Crippen LogP contribution is 2.31. The van der Waals surface area contributed by atoms with E-state index in [0.717, 1.165) is 11.1 Å². The Hall–Kier alpha value is -4.53. The van der Waals surface area contributed by atoms with Crippen LogP contribution in [0.15, 0.2) is 72.8 Å². The largest absolute Gasteiger partial charge is 0.349 e. The van der Waals surface area contributed by atoms with Crippen molar-refractivity contribution in [1.82, 2.24) is 20.3 Å². The fourth-order valence-corrected chi connectivity index (χ4v) is 4.24. The molecular weight excluding hydrogens is 492 g/mol. The maximum absolute atomic E-state index is 14.1. The van der Waals surface area contributed by atoms with Crippen molar-refractivity contribution in [2.75, 3.05) is 10.2 Å². The van der Waals surface area contributed by atoms with E-state index in [4.69, 9.17) is 0 Å². The van der Waals surface area contributed by atoms with Crippen molar-refractivity contribution in [1.29, 1.82) is 0 Å². The molecule has 0 saturated heterocycles. The summed E-state index contributed by atoms with van der Waals surface area (Å²) in [6, 6.07) is 20.9. The molecule has 3 amide bonds. The molecule has 3 aromatic carbocycles. The van der Waals surface area contributed by atoms with Gasteiger partial charge >= 0.3 is 0 Å². The van der Waals surface area contributed by atoms with Crippen LogP contribution in [-0.4, -0.2) is 38.3 Å². The van der Waals surface area contributed by atoms with Crippen LogP contribution in [0, 0.1) is 6.92 Å². The van der Waals surface area contributed by atoms with E-state index < -0.39 is 11.6 Å². The van der Waals surface area contributed by atoms with Gasteiger partial charge in [0.1, 0.15) is 18.1 Å². The smallest absolute Gasteiger partial charge is 0.249 e. The number of fused-ring (bicyclic) bond motifs is 1. The highest BCUT2D eigenvalue weighted by atomic mass is 16.2. The Morgan fingerprint density at radius 1 is 0.974 bits per heavy atom. The number of aromatic nitrogens is 3. The zero-order valence-electron chi connectivity index (χ0n) is 22.9. The topological polar surface area (TPSA) is 109 Å². The van der Waals surface area contributed by atoms with Crippen LogP contribution < -0.4 is 15.5 Å². The molecule has 4 aromatic rings. The fraction of sp³-hybridized carbons (Fsp3) is 0.300. The quantitative estimate of drug-likeness (QED) is 0.326. The third kappa shape index (κ3) is 6.49. The van der Waals surface area contributed by atoms with E-state index in [2.05, 4.69) is 20.9 Å². The number of carbonyl (C=O) groups excluding carboxylic acids is 3. The molecule has 0 aliphatic heterocycles. The Morgan fingerprint density at radius 3 is 2.28 bits per heavy atom. The third-order valence-corrected chi connectivity index (χ3v) is 6.68. The Balaban J connectivity index is 1.81. The summed E-state index contributed by atoms with van der Waals surface area (Å²) in [6.45, 7) is 9.18. The number of aryl methyl sites for hydroxylation is 1. The molecule has 1 heterocycles. The molecule has 1 aromatic heterocycles. The van der Waals surface area contributed by atoms with E-state index in [0.29, 0.717) is 28.9 Å². The van der Waals surface area contributed by atoms with E-state index in [1.807, 2.05) is 76.2 Å². The summed E-state index contributed by atoms with van der Waals surface area (Å²) in [4.78, 5) is 41.1. The van der Waals surface area contributed by atoms with E-state index in [-0.39, 0.29) is 24.3 Å². The standard InChI is InChI=1S/C30H34N6O3/c1-6-30(4,5)32-29(39)28(22-13-11-20(2)12-14-22)36(24-17-15-23(16-18-24)31-21(3)37)27(38)19-35-26-10-8-7-9-25(26)33-34-35/h7-18,28H,6,19H2,1-5H3,(H,31,37)(H,32,39)/t28-/m0/s1. The number of benzene rings is 3. The predicted octanol–water partition coefficient (Wildman–Crippen LogP) is 4.78. The Morgan fingerprint density at radius 2 is 1.64 bits per heavy atom. The minimum absolute atomic E-state index is 0.124. The molecule has 0 spiro atoms. The van der Waals surface area contributed by atoms with Gasteiger partial charge in [-0.3, -0.25) is 19.3 Å². The summed E-state index contributed by atoms with van der Waals surface area (Å²) in [6.07, 6.45) is 0.712. The van der Waals surface area contributed by atoms with Gasteiger partial charge in [-0.2, -0.15) is 0 Å². The van der Waals surface area contributed by atoms with E-state index >= 15 is 0 Å². The van der Waals surface area contributed by atoms with Gasteiger partial charge in [0.05, 0.1) is 5.52 Å². The molecule has 9 heteroatoms. The second-order valence-corrected chi connectivity index (χ2v) is 10.3. The number of nitrogens with zero attached hydrogens (tertiary/aromatic N) is 4. The fourth-order valence-electron chi connectivity index (χ4n) is 4.24. The van der Waals surface area contributed by atoms with E-state index in [9.17, 15) is 14.4 Å². The second kappa shape index (κ2) is 11.5. The van der Waals surface area contributed by atoms with E-state index in [1.54, 1.807) is 24.3 Å². The summed E-state index contributed by atoms with van der Waals surface area (Å²) >= 11 is 0. The molecule has 0 aliphatic carbocycles. The SMILES string of the molecule is CCC(C)(C)NC(=O)[C@H](c1ccc(C)cc1)N(C(=O)Cn1nnc2ccccc21)c1ccc(NC(C)=O)cc1. The number of carbonyl (C=O) groups is 3. The zero-order valence-corrected chi connectivity index (χ0v) is 22.9. The van der Waals surface area contributed by atoms with Crippen molar-refractivity contribution < 1.29 is 14.4 Å². The van der Waals surface area contributed by atoms with Crippen LogP contribution in [0.3, 0.4) is 0 Å². The molecule has 39 heavy (non-hydrogen) atoms. The molecule has 202 valence electrons. The minimum Gasteiger partial charge on any atom is -0.349 e. The Bertz CT molecular complexity index is 1470. The lowest BCUT2D eigenvalue weighted by Crippen LogP contribution is -2.51. The van der Waals surface area contributed by atoms with Crippen LogP contribution in [0.25, 0.3) is 11.0 Å². The van der Waals surface area contributed by atoms with Crippen molar-refractivity contribution in [3.63, 3.8) is 0 Å². The van der Waals surface area contributed by atoms with Gasteiger partial charge in [0.15, 0.2) is 0 Å². The van der Waals surface area contributed by atoms with Gasteiger partial charge in [-0.25, -0.2) is 4.68 Å². The number of rotatable bonds is 9. The minimum atomic E-state index is -0.953. The molecular formula is C30H34N6O3. The van der Waals surface area contributed by atoms with Gasteiger partial charge in [0.2, 0.25) is 17.7 Å². The van der Waals surface area contributed by atoms with Crippen molar-refractivity contribution in [2.24, 2.45) is 0 Å². The molecule has 0 bridgehead atoms. The summed E-state index contributed by atoms with van der Waals surface area (Å²) < 4.78 is 1.54. The maximum Gasteiger partial charge on any atom is 0.249 e. The van der Waals surface area contributed by atoms with Crippen molar-refractivity contribution in [3.05, 3.63) is 83.9 Å². The van der Waals surface area contributed by atoms with Gasteiger partial charge in [-0.15, -0.1) is 5.10 Å². The molecule has 9 nitrogen and oxygen atoms in total. The zero-order chi connectivity index (χ0) is 28.2. The number of anilines is 2. The first-order valence-corrected chi connectivity index (χ1v) is 12.9. The molecule has 0 radical (unpaired) electrons. The first kappa shape index (κ1) is 27.5. The van der Waals surface area contributed by atoms with Crippen LogP contribution in [0.1, 0.15) is 51.3 Å². The maximum atomic E-state index is 14.1. The molecule has 1 atom stereocenters. The third-order valence-electron chi connectivity index (χ3n) is 6.68. The molecule has 4 rings (SSSR count). The summed E-state index contributed by atoms with van der Waals surface area (Å²) in [5, 5.41) is 14.2. The van der Waals surface area contributed by atoms with Crippen LogP contribution >= 0.6 is 0 Å². The lowest BCUT2D eigenvalue weighted by molar-refractivity contribution is -0.128. The lowest BCUT2D eigenvalue weighted by atomic mass is 9.97. The normalized spacial score (nSPS) is 12.1. The average Bonchev–Trinajstić information content (AvgIpc) is 3.30. The number of para-hydroxylation sites is 1. The molecule has 0 saturated carbocycles. The van der Waals surface area contributed by atoms with Gasteiger partial charge in [-0.1, -0.05) is 54.1 Å². The van der Waals surface area contributed by atoms with Gasteiger partial charge in [0.25, 0.3) is 0 Å². The number of amides is 3. The van der Waals surface area contributed by atoms with Gasteiger partial charge in [-0.05, 0) is 69.2 Å². The first-order valence-electron chi connectivity index (χ1n) is 12.9. The van der Waals surface area contributed by atoms with Crippen LogP contribution in [-0.2, 0) is 20.9 Å². The number of nitrogens with one attached hydrogen (secondary N) is 2. The van der Waals surface area contributed by atoms with Gasteiger partial charge in [0, 0.05) is 23.8 Å². The van der Waals surface area contributed by atoms with Crippen LogP contribution in [0.2, 0.25) is 0 Å². The van der Waals surface area contributed by atoms with Crippen LogP contribution in [0.4, 0.5) is 11.4 Å². The van der Waals surface area contributed by atoms with Gasteiger partial charge < -0.3 is 10.6 Å².